The monoisotopic (exact) mass is 431 g/mol. The third-order valence-corrected chi connectivity index (χ3v) is 8.42. The van der Waals surface area contributed by atoms with Gasteiger partial charge in [0.15, 0.2) is 0 Å². The van der Waals surface area contributed by atoms with Crippen LogP contribution < -0.4 is 0 Å². The molecule has 0 saturated carbocycles. The third kappa shape index (κ3) is 1.98. The second-order valence-corrected chi connectivity index (χ2v) is 10.1. The molecule has 6 aromatic rings. The fourth-order valence-corrected chi connectivity index (χ4v) is 7.01. The Kier molecular flexibility index (Phi) is 3.00. The first-order valence-electron chi connectivity index (χ1n) is 12.3. The number of nitrogens with zero attached hydrogens (tertiary/aromatic N) is 1. The molecule has 9 rings (SSSR count). The predicted octanol–water partition coefficient (Wildman–Crippen LogP) is 7.83. The van der Waals surface area contributed by atoms with E-state index in [0.717, 1.165) is 19.3 Å². The molecular formula is C33H21N. The smallest absolute Gasteiger partial charge is 0.0579 e. The van der Waals surface area contributed by atoms with E-state index in [1.807, 2.05) is 0 Å². The van der Waals surface area contributed by atoms with Crippen LogP contribution in [0.1, 0.15) is 33.4 Å². The van der Waals surface area contributed by atoms with Gasteiger partial charge in [0.1, 0.15) is 0 Å². The highest BCUT2D eigenvalue weighted by Gasteiger charge is 2.30. The lowest BCUT2D eigenvalue weighted by molar-refractivity contribution is 1.04. The van der Waals surface area contributed by atoms with E-state index in [1.54, 1.807) is 0 Å². The Bertz CT molecular complexity index is 1880. The molecule has 2 aliphatic carbocycles. The number of benzene rings is 5. The molecule has 1 aliphatic heterocycles. The Morgan fingerprint density at radius 3 is 2.03 bits per heavy atom. The van der Waals surface area contributed by atoms with Crippen LogP contribution in [0.25, 0.3) is 49.7 Å². The summed E-state index contributed by atoms with van der Waals surface area (Å²) in [7, 11) is 0. The minimum Gasteiger partial charge on any atom is -0.309 e. The second kappa shape index (κ2) is 5.87. The molecule has 2 heterocycles. The van der Waals surface area contributed by atoms with Crippen LogP contribution in [0.3, 0.4) is 0 Å². The number of aromatic nitrogens is 1. The first kappa shape index (κ1) is 17.4. The Balaban J connectivity index is 1.49. The average Bonchev–Trinajstić information content (AvgIpc) is 3.53. The number of fused-ring (bicyclic) bond motifs is 12. The van der Waals surface area contributed by atoms with Crippen molar-refractivity contribution in [3.05, 3.63) is 124 Å². The molecule has 5 aromatic carbocycles. The molecule has 1 heteroatoms. The van der Waals surface area contributed by atoms with Crippen LogP contribution in [0.2, 0.25) is 0 Å². The molecule has 3 aliphatic rings. The molecule has 0 bridgehead atoms. The van der Waals surface area contributed by atoms with Crippen LogP contribution >= 0.6 is 0 Å². The lowest BCUT2D eigenvalue weighted by atomic mass is 9.91. The summed E-state index contributed by atoms with van der Waals surface area (Å²) >= 11 is 0. The quantitative estimate of drug-likeness (QED) is 0.231. The van der Waals surface area contributed by atoms with E-state index in [1.165, 1.54) is 83.1 Å². The van der Waals surface area contributed by atoms with Crippen LogP contribution in [0.15, 0.2) is 91.0 Å². The lowest BCUT2D eigenvalue weighted by Crippen LogP contribution is -2.08. The first-order chi connectivity index (χ1) is 16.8. The molecule has 0 unspecified atom stereocenters. The van der Waals surface area contributed by atoms with E-state index in [4.69, 9.17) is 0 Å². The molecule has 0 spiro atoms. The van der Waals surface area contributed by atoms with Crippen molar-refractivity contribution in [1.82, 2.24) is 4.57 Å². The molecule has 0 radical (unpaired) electrons. The molecule has 34 heavy (non-hydrogen) atoms. The van der Waals surface area contributed by atoms with Gasteiger partial charge in [0, 0.05) is 22.9 Å². The molecule has 0 atom stereocenters. The topological polar surface area (TPSA) is 4.93 Å². The summed E-state index contributed by atoms with van der Waals surface area (Å²) in [6.07, 6.45) is 3.05. The van der Waals surface area contributed by atoms with Crippen LogP contribution in [0.4, 0.5) is 0 Å². The van der Waals surface area contributed by atoms with Gasteiger partial charge in [0.2, 0.25) is 0 Å². The van der Waals surface area contributed by atoms with Gasteiger partial charge in [-0.1, -0.05) is 66.7 Å². The summed E-state index contributed by atoms with van der Waals surface area (Å²) in [6, 6.07) is 34.4. The summed E-state index contributed by atoms with van der Waals surface area (Å²) in [5.74, 6) is 0. The van der Waals surface area contributed by atoms with Crippen LogP contribution in [0.5, 0.6) is 0 Å². The van der Waals surface area contributed by atoms with Gasteiger partial charge in [-0.05, 0) is 92.7 Å². The van der Waals surface area contributed by atoms with Gasteiger partial charge in [-0.2, -0.15) is 0 Å². The first-order valence-corrected chi connectivity index (χ1v) is 12.3. The van der Waals surface area contributed by atoms with Gasteiger partial charge >= 0.3 is 0 Å². The summed E-state index contributed by atoms with van der Waals surface area (Å²) in [5, 5.41) is 2.88. The van der Waals surface area contributed by atoms with Crippen molar-refractivity contribution >= 4 is 21.8 Å². The van der Waals surface area contributed by atoms with Crippen molar-refractivity contribution < 1.29 is 0 Å². The maximum atomic E-state index is 2.57. The van der Waals surface area contributed by atoms with Gasteiger partial charge < -0.3 is 4.57 Å². The van der Waals surface area contributed by atoms with E-state index in [2.05, 4.69) is 95.6 Å². The number of rotatable bonds is 0. The third-order valence-electron chi connectivity index (χ3n) is 8.42. The standard InChI is InChI=1S/C33H21N/c1-4-10-24-19(7-1)13-22-17-31-29(18-26(22)24)32-28-15-20-8-2-5-11-25(20)27(28)16-23-14-21-9-3-6-12-30(21)34(31)33(23)32/h1-12,16-18H,13-15H2. The van der Waals surface area contributed by atoms with E-state index in [9.17, 15) is 0 Å². The van der Waals surface area contributed by atoms with Crippen molar-refractivity contribution in [1.29, 1.82) is 0 Å². The van der Waals surface area contributed by atoms with Crippen LogP contribution in [0, 0.1) is 0 Å². The Morgan fingerprint density at radius 2 is 1.18 bits per heavy atom. The van der Waals surface area contributed by atoms with Crippen molar-refractivity contribution in [3.63, 3.8) is 0 Å². The lowest BCUT2D eigenvalue weighted by Gasteiger charge is -2.21. The Morgan fingerprint density at radius 1 is 0.500 bits per heavy atom. The zero-order chi connectivity index (χ0) is 22.0. The van der Waals surface area contributed by atoms with Crippen molar-refractivity contribution in [2.75, 3.05) is 0 Å². The van der Waals surface area contributed by atoms with Crippen LogP contribution in [-0.2, 0) is 19.3 Å². The van der Waals surface area contributed by atoms with Crippen molar-refractivity contribution in [3.8, 4) is 27.9 Å². The minimum absolute atomic E-state index is 1.00. The van der Waals surface area contributed by atoms with Gasteiger partial charge in [-0.15, -0.1) is 0 Å². The number of hydrogen-bond donors (Lipinski definition) is 0. The van der Waals surface area contributed by atoms with Crippen molar-refractivity contribution in [2.45, 2.75) is 19.3 Å². The van der Waals surface area contributed by atoms with Gasteiger partial charge in [-0.3, -0.25) is 0 Å². The maximum absolute atomic E-state index is 2.57. The van der Waals surface area contributed by atoms with Crippen molar-refractivity contribution in [2.24, 2.45) is 0 Å². The second-order valence-electron chi connectivity index (χ2n) is 10.1. The van der Waals surface area contributed by atoms with Crippen LogP contribution in [-0.4, -0.2) is 4.57 Å². The largest absolute Gasteiger partial charge is 0.309 e. The molecular weight excluding hydrogens is 410 g/mol. The number of hydrogen-bond acceptors (Lipinski definition) is 0. The fraction of sp³-hybridized carbons (Fsp3) is 0.0909. The normalized spacial score (nSPS) is 14.1. The van der Waals surface area contributed by atoms with Gasteiger partial charge in [0.25, 0.3) is 0 Å². The molecule has 0 saturated heterocycles. The average molecular weight is 432 g/mol. The highest BCUT2D eigenvalue weighted by atomic mass is 15.0. The minimum atomic E-state index is 1.00. The predicted molar refractivity (Wildman–Crippen MR) is 140 cm³/mol. The zero-order valence-corrected chi connectivity index (χ0v) is 18.7. The van der Waals surface area contributed by atoms with E-state index in [-0.39, 0.29) is 0 Å². The molecule has 0 N–H and O–H groups in total. The summed E-state index contributed by atoms with van der Waals surface area (Å²) in [5.41, 5.74) is 18.6. The number of para-hydroxylation sites is 1. The summed E-state index contributed by atoms with van der Waals surface area (Å²) < 4.78 is 2.57. The summed E-state index contributed by atoms with van der Waals surface area (Å²) in [4.78, 5) is 0. The molecule has 1 nitrogen and oxygen atoms in total. The SMILES string of the molecule is c1ccc2c(c1)Cc1cc3c(cc1-2)c1c2c(cc4c1n3-c1ccccc1C4)-c1ccccc1C2. The van der Waals surface area contributed by atoms with E-state index < -0.39 is 0 Å². The van der Waals surface area contributed by atoms with Gasteiger partial charge in [-0.25, -0.2) is 0 Å². The maximum Gasteiger partial charge on any atom is 0.0579 e. The van der Waals surface area contributed by atoms with E-state index in [0.29, 0.717) is 0 Å². The highest BCUT2D eigenvalue weighted by molar-refractivity contribution is 6.16. The van der Waals surface area contributed by atoms with Gasteiger partial charge in [0.05, 0.1) is 11.0 Å². The van der Waals surface area contributed by atoms with E-state index >= 15 is 0 Å². The highest BCUT2D eigenvalue weighted by Crippen LogP contribution is 2.50. The molecule has 0 fully saturated rings. The zero-order valence-electron chi connectivity index (χ0n) is 18.7. The Labute approximate surface area is 197 Å². The molecule has 158 valence electrons. The summed E-state index contributed by atoms with van der Waals surface area (Å²) in [6.45, 7) is 0. The Hall–Kier alpha value is -4.10. The molecule has 1 aromatic heterocycles. The molecule has 0 amide bonds. The fourth-order valence-electron chi connectivity index (χ4n) is 7.01.